The summed E-state index contributed by atoms with van der Waals surface area (Å²) in [7, 11) is 0. The first-order valence-electron chi connectivity index (χ1n) is 9.54. The molecule has 0 N–H and O–H groups in total. The molecule has 2 heterocycles. The molecule has 5 heteroatoms. The molecule has 1 aliphatic carbocycles. The summed E-state index contributed by atoms with van der Waals surface area (Å²) in [4.78, 5) is 17.1. The fourth-order valence-corrected chi connectivity index (χ4v) is 4.12. The first-order valence-corrected chi connectivity index (χ1v) is 9.54. The maximum atomic E-state index is 12.8. The second-order valence-corrected chi connectivity index (χ2v) is 7.97. The number of benzene rings is 1. The maximum Gasteiger partial charge on any atom is 0.356 e. The van der Waals surface area contributed by atoms with Crippen LogP contribution in [0, 0.1) is 0 Å². The van der Waals surface area contributed by atoms with Gasteiger partial charge in [0.15, 0.2) is 0 Å². The Hall–Kier alpha value is -2.30. The van der Waals surface area contributed by atoms with Gasteiger partial charge in [-0.15, -0.1) is 0 Å². The van der Waals surface area contributed by atoms with Gasteiger partial charge >= 0.3 is 5.97 Å². The molecule has 1 unspecified atom stereocenters. The Morgan fingerprint density at radius 3 is 2.81 bits per heavy atom. The van der Waals surface area contributed by atoms with Crippen molar-refractivity contribution in [1.82, 2.24) is 9.55 Å². The van der Waals surface area contributed by atoms with Crippen molar-refractivity contribution in [2.75, 3.05) is 0 Å². The van der Waals surface area contributed by atoms with E-state index in [-0.39, 0.29) is 23.7 Å². The number of esters is 1. The van der Waals surface area contributed by atoms with Crippen molar-refractivity contribution >= 4 is 5.97 Å². The average Bonchev–Trinajstić information content (AvgIpc) is 3.11. The maximum absolute atomic E-state index is 12.8. The Kier molecular flexibility index (Phi) is 4.47. The van der Waals surface area contributed by atoms with Crippen LogP contribution in [-0.2, 0) is 4.74 Å². The van der Waals surface area contributed by atoms with Gasteiger partial charge in [-0.1, -0.05) is 24.6 Å². The van der Waals surface area contributed by atoms with E-state index in [0.29, 0.717) is 5.69 Å². The number of carbonyl (C=O) groups excluding carboxylic acids is 1. The molecule has 138 valence electrons. The van der Waals surface area contributed by atoms with Crippen molar-refractivity contribution in [3.63, 3.8) is 0 Å². The summed E-state index contributed by atoms with van der Waals surface area (Å²) in [6.07, 6.45) is 9.61. The van der Waals surface area contributed by atoms with E-state index < -0.39 is 0 Å². The van der Waals surface area contributed by atoms with Crippen molar-refractivity contribution in [2.45, 2.75) is 70.1 Å². The molecule has 4 rings (SSSR count). The normalized spacial score (nSPS) is 22.3. The van der Waals surface area contributed by atoms with Crippen LogP contribution in [0.2, 0.25) is 0 Å². The van der Waals surface area contributed by atoms with Crippen molar-refractivity contribution in [3.05, 3.63) is 48.0 Å². The Labute approximate surface area is 154 Å². The topological polar surface area (TPSA) is 53.4 Å². The summed E-state index contributed by atoms with van der Waals surface area (Å²) in [5.74, 6) is 0.602. The number of carbonyl (C=O) groups is 1. The van der Waals surface area contributed by atoms with Crippen LogP contribution in [0.25, 0.3) is 0 Å². The van der Waals surface area contributed by atoms with Gasteiger partial charge in [0.1, 0.15) is 23.1 Å². The van der Waals surface area contributed by atoms with E-state index >= 15 is 0 Å². The SMILES string of the molecule is CC1(C)CC(n2cncc2C(=O)OC2CCCCC2)c2ccccc2O1. The van der Waals surface area contributed by atoms with Crippen LogP contribution in [0.5, 0.6) is 5.75 Å². The van der Waals surface area contributed by atoms with Gasteiger partial charge in [-0.05, 0) is 45.6 Å². The molecule has 0 amide bonds. The molecule has 0 radical (unpaired) electrons. The van der Waals surface area contributed by atoms with E-state index in [1.54, 1.807) is 12.5 Å². The van der Waals surface area contributed by atoms with Gasteiger partial charge in [-0.2, -0.15) is 0 Å². The van der Waals surface area contributed by atoms with E-state index in [1.807, 2.05) is 22.8 Å². The summed E-state index contributed by atoms with van der Waals surface area (Å²) in [6.45, 7) is 4.15. The summed E-state index contributed by atoms with van der Waals surface area (Å²) in [5, 5.41) is 0. The lowest BCUT2D eigenvalue weighted by Crippen LogP contribution is -2.37. The lowest BCUT2D eigenvalue weighted by atomic mass is 9.89. The van der Waals surface area contributed by atoms with Gasteiger partial charge in [0.05, 0.1) is 18.6 Å². The van der Waals surface area contributed by atoms with E-state index in [1.165, 1.54) is 6.42 Å². The second-order valence-electron chi connectivity index (χ2n) is 7.97. The molecular formula is C21H26N2O3. The molecule has 1 aromatic carbocycles. The molecule has 1 aromatic heterocycles. The third-order valence-electron chi connectivity index (χ3n) is 5.39. The van der Waals surface area contributed by atoms with Crippen molar-refractivity contribution in [3.8, 4) is 5.75 Å². The summed E-state index contributed by atoms with van der Waals surface area (Å²) in [6, 6.07) is 8.03. The quantitative estimate of drug-likeness (QED) is 0.760. The predicted octanol–water partition coefficient (Wildman–Crippen LogP) is 4.52. The number of aromatic nitrogens is 2. The highest BCUT2D eigenvalue weighted by Crippen LogP contribution is 2.41. The molecule has 0 spiro atoms. The van der Waals surface area contributed by atoms with Crippen LogP contribution in [0.3, 0.4) is 0 Å². The first kappa shape index (κ1) is 17.1. The number of hydrogen-bond acceptors (Lipinski definition) is 4. The van der Waals surface area contributed by atoms with Crippen molar-refractivity contribution < 1.29 is 14.3 Å². The molecular weight excluding hydrogens is 328 g/mol. The number of nitrogens with zero attached hydrogens (tertiary/aromatic N) is 2. The number of rotatable bonds is 3. The van der Waals surface area contributed by atoms with Gasteiger partial charge in [0.25, 0.3) is 0 Å². The van der Waals surface area contributed by atoms with Crippen molar-refractivity contribution in [1.29, 1.82) is 0 Å². The highest BCUT2D eigenvalue weighted by Gasteiger charge is 2.36. The predicted molar refractivity (Wildman–Crippen MR) is 98.4 cm³/mol. The molecule has 1 atom stereocenters. The zero-order valence-corrected chi connectivity index (χ0v) is 15.5. The van der Waals surface area contributed by atoms with Gasteiger partial charge in [0.2, 0.25) is 0 Å². The highest BCUT2D eigenvalue weighted by atomic mass is 16.5. The van der Waals surface area contributed by atoms with Crippen LogP contribution in [0.1, 0.15) is 74.5 Å². The van der Waals surface area contributed by atoms with E-state index in [2.05, 4.69) is 24.9 Å². The molecule has 2 aliphatic rings. The molecule has 2 aromatic rings. The van der Waals surface area contributed by atoms with Crippen LogP contribution in [-0.4, -0.2) is 27.2 Å². The fourth-order valence-electron chi connectivity index (χ4n) is 4.12. The van der Waals surface area contributed by atoms with E-state index in [9.17, 15) is 4.79 Å². The molecule has 26 heavy (non-hydrogen) atoms. The van der Waals surface area contributed by atoms with Crippen molar-refractivity contribution in [2.24, 2.45) is 0 Å². The molecule has 5 nitrogen and oxygen atoms in total. The van der Waals surface area contributed by atoms with E-state index in [0.717, 1.165) is 43.4 Å². The monoisotopic (exact) mass is 354 g/mol. The Bertz CT molecular complexity index is 790. The van der Waals surface area contributed by atoms with Gasteiger partial charge < -0.3 is 14.0 Å². The molecule has 1 saturated carbocycles. The molecule has 0 bridgehead atoms. The largest absolute Gasteiger partial charge is 0.487 e. The van der Waals surface area contributed by atoms with Gasteiger partial charge in [0, 0.05) is 12.0 Å². The molecule has 1 fully saturated rings. The lowest BCUT2D eigenvalue weighted by Gasteiger charge is -2.38. The lowest BCUT2D eigenvalue weighted by molar-refractivity contribution is 0.0189. The summed E-state index contributed by atoms with van der Waals surface area (Å²) >= 11 is 0. The number of para-hydroxylation sites is 1. The fraction of sp³-hybridized carbons (Fsp3) is 0.524. The standard InChI is InChI=1S/C21H26N2O3/c1-21(2)12-17(16-10-6-7-11-19(16)26-21)23-14-22-13-18(23)20(24)25-15-8-4-3-5-9-15/h6-7,10-11,13-15,17H,3-5,8-9,12H2,1-2H3. The Morgan fingerprint density at radius 2 is 2.00 bits per heavy atom. The van der Waals surface area contributed by atoms with E-state index in [4.69, 9.17) is 9.47 Å². The van der Waals surface area contributed by atoms with Gasteiger partial charge in [-0.25, -0.2) is 9.78 Å². The third-order valence-corrected chi connectivity index (χ3v) is 5.39. The highest BCUT2D eigenvalue weighted by molar-refractivity contribution is 5.87. The van der Waals surface area contributed by atoms with Crippen LogP contribution >= 0.6 is 0 Å². The summed E-state index contributed by atoms with van der Waals surface area (Å²) in [5.41, 5.74) is 1.29. The number of ether oxygens (including phenoxy) is 2. The van der Waals surface area contributed by atoms with Crippen LogP contribution < -0.4 is 4.74 Å². The van der Waals surface area contributed by atoms with Crippen LogP contribution in [0.15, 0.2) is 36.8 Å². The second kappa shape index (κ2) is 6.78. The smallest absolute Gasteiger partial charge is 0.356 e. The zero-order valence-electron chi connectivity index (χ0n) is 15.5. The minimum Gasteiger partial charge on any atom is -0.487 e. The Morgan fingerprint density at radius 1 is 1.23 bits per heavy atom. The zero-order chi connectivity index (χ0) is 18.1. The minimum atomic E-state index is -0.312. The number of fused-ring (bicyclic) bond motifs is 1. The minimum absolute atomic E-state index is 0.00589. The molecule has 0 saturated heterocycles. The molecule has 1 aliphatic heterocycles. The number of hydrogen-bond donors (Lipinski definition) is 0. The average molecular weight is 354 g/mol. The third kappa shape index (κ3) is 3.35. The van der Waals surface area contributed by atoms with Gasteiger partial charge in [-0.3, -0.25) is 0 Å². The first-order chi connectivity index (χ1) is 12.5. The number of imidazole rings is 1. The summed E-state index contributed by atoms with van der Waals surface area (Å²) < 4.78 is 13.8. The van der Waals surface area contributed by atoms with Crippen LogP contribution in [0.4, 0.5) is 0 Å². The Balaban J connectivity index is 1.63.